The van der Waals surface area contributed by atoms with Crippen LogP contribution in [0.2, 0.25) is 0 Å². The van der Waals surface area contributed by atoms with Crippen molar-refractivity contribution in [1.82, 2.24) is 10.3 Å². The van der Waals surface area contributed by atoms with E-state index in [0.717, 1.165) is 0 Å². The minimum Gasteiger partial charge on any atom is -0.289 e. The number of rotatable bonds is 5. The maximum atomic E-state index is 5.54. The Morgan fingerprint density at radius 3 is 2.06 bits per heavy atom. The van der Waals surface area contributed by atoms with E-state index in [1.807, 2.05) is 14.1 Å². The Hall–Kier alpha value is -0.900. The number of benzene rings is 1. The summed E-state index contributed by atoms with van der Waals surface area (Å²) >= 11 is 0. The van der Waals surface area contributed by atoms with E-state index in [-0.39, 0.29) is 6.17 Å². The molecule has 0 spiro atoms. The third-order valence-corrected chi connectivity index (χ3v) is 3.11. The second kappa shape index (κ2) is 5.99. The van der Waals surface area contributed by atoms with Crippen LogP contribution >= 0.6 is 0 Å². The van der Waals surface area contributed by atoms with Gasteiger partial charge in [-0.1, -0.05) is 38.1 Å². The van der Waals surface area contributed by atoms with Crippen LogP contribution in [-0.4, -0.2) is 19.0 Å². The van der Waals surface area contributed by atoms with Gasteiger partial charge in [0.2, 0.25) is 0 Å². The summed E-state index contributed by atoms with van der Waals surface area (Å²) in [6, 6.07) is 8.67. The molecule has 16 heavy (non-hydrogen) atoms. The third-order valence-electron chi connectivity index (χ3n) is 3.11. The minimum atomic E-state index is 0.0750. The molecule has 0 aliphatic rings. The van der Waals surface area contributed by atoms with Gasteiger partial charge in [0.05, 0.1) is 6.17 Å². The van der Waals surface area contributed by atoms with E-state index in [0.29, 0.717) is 5.92 Å². The predicted molar refractivity (Wildman–Crippen MR) is 68.9 cm³/mol. The predicted octanol–water partition coefficient (Wildman–Crippen LogP) is 2.22. The van der Waals surface area contributed by atoms with Crippen LogP contribution < -0.4 is 11.3 Å². The highest BCUT2D eigenvalue weighted by Gasteiger charge is 2.11. The van der Waals surface area contributed by atoms with Crippen molar-refractivity contribution in [1.29, 1.82) is 0 Å². The third kappa shape index (κ3) is 3.04. The lowest BCUT2D eigenvalue weighted by Gasteiger charge is -2.24. The average molecular weight is 221 g/mol. The Morgan fingerprint density at radius 2 is 1.69 bits per heavy atom. The SMILES string of the molecule is CCC(C)c1ccc(C(NN)N(C)C)cc1. The molecule has 3 nitrogen and oxygen atoms in total. The van der Waals surface area contributed by atoms with Crippen LogP contribution in [-0.2, 0) is 0 Å². The van der Waals surface area contributed by atoms with Gasteiger partial charge in [0, 0.05) is 0 Å². The van der Waals surface area contributed by atoms with Crippen LogP contribution in [0.25, 0.3) is 0 Å². The quantitative estimate of drug-likeness (QED) is 0.455. The molecule has 0 heterocycles. The molecule has 1 rings (SSSR count). The van der Waals surface area contributed by atoms with Gasteiger partial charge in [-0.15, -0.1) is 0 Å². The molecule has 0 aliphatic carbocycles. The van der Waals surface area contributed by atoms with E-state index < -0.39 is 0 Å². The van der Waals surface area contributed by atoms with Gasteiger partial charge in [-0.3, -0.25) is 10.7 Å². The zero-order valence-electron chi connectivity index (χ0n) is 10.7. The number of hydrazine groups is 1. The first kappa shape index (κ1) is 13.2. The lowest BCUT2D eigenvalue weighted by Crippen LogP contribution is -2.37. The Bertz CT molecular complexity index is 305. The molecule has 0 fully saturated rings. The second-order valence-corrected chi connectivity index (χ2v) is 4.51. The number of nitrogens with zero attached hydrogens (tertiary/aromatic N) is 1. The molecule has 0 saturated carbocycles. The van der Waals surface area contributed by atoms with Crippen LogP contribution in [0.5, 0.6) is 0 Å². The summed E-state index contributed by atoms with van der Waals surface area (Å²) in [6.45, 7) is 4.46. The van der Waals surface area contributed by atoms with Crippen molar-refractivity contribution in [3.8, 4) is 0 Å². The normalized spacial score (nSPS) is 15.1. The Morgan fingerprint density at radius 1 is 1.19 bits per heavy atom. The molecular formula is C13H23N3. The molecule has 0 amide bonds. The molecule has 1 aromatic rings. The lowest BCUT2D eigenvalue weighted by molar-refractivity contribution is 0.253. The molecule has 0 bridgehead atoms. The van der Waals surface area contributed by atoms with E-state index in [4.69, 9.17) is 5.84 Å². The number of hydrogen-bond acceptors (Lipinski definition) is 3. The number of nitrogens with two attached hydrogens (primary N) is 1. The largest absolute Gasteiger partial charge is 0.289 e. The highest BCUT2D eigenvalue weighted by molar-refractivity contribution is 5.26. The van der Waals surface area contributed by atoms with Crippen molar-refractivity contribution in [3.05, 3.63) is 35.4 Å². The summed E-state index contributed by atoms with van der Waals surface area (Å²) in [5, 5.41) is 0. The van der Waals surface area contributed by atoms with Gasteiger partial charge in [-0.25, -0.2) is 5.43 Å². The van der Waals surface area contributed by atoms with Crippen molar-refractivity contribution in [3.63, 3.8) is 0 Å². The van der Waals surface area contributed by atoms with E-state index in [1.165, 1.54) is 17.5 Å². The summed E-state index contributed by atoms with van der Waals surface area (Å²) in [7, 11) is 4.01. The minimum absolute atomic E-state index is 0.0750. The van der Waals surface area contributed by atoms with Crippen LogP contribution in [0.1, 0.15) is 43.5 Å². The number of nitrogens with one attached hydrogen (secondary N) is 1. The lowest BCUT2D eigenvalue weighted by atomic mass is 9.97. The van der Waals surface area contributed by atoms with Crippen molar-refractivity contribution < 1.29 is 0 Å². The molecule has 1 aromatic carbocycles. The highest BCUT2D eigenvalue weighted by atomic mass is 15.4. The Balaban J connectivity index is 2.85. The van der Waals surface area contributed by atoms with Gasteiger partial charge in [0.25, 0.3) is 0 Å². The van der Waals surface area contributed by atoms with Crippen LogP contribution in [0.4, 0.5) is 0 Å². The van der Waals surface area contributed by atoms with E-state index in [2.05, 4.69) is 48.4 Å². The van der Waals surface area contributed by atoms with E-state index in [1.54, 1.807) is 0 Å². The Kier molecular flexibility index (Phi) is 4.93. The fourth-order valence-electron chi connectivity index (χ4n) is 1.79. The summed E-state index contributed by atoms with van der Waals surface area (Å²) in [6.07, 6.45) is 1.25. The van der Waals surface area contributed by atoms with Crippen molar-refractivity contribution in [2.45, 2.75) is 32.4 Å². The van der Waals surface area contributed by atoms with Gasteiger partial charge >= 0.3 is 0 Å². The van der Waals surface area contributed by atoms with Crippen molar-refractivity contribution in [2.24, 2.45) is 5.84 Å². The summed E-state index contributed by atoms with van der Waals surface area (Å²) < 4.78 is 0. The average Bonchev–Trinajstić information content (AvgIpc) is 2.29. The van der Waals surface area contributed by atoms with Gasteiger partial charge in [-0.05, 0) is 37.6 Å². The fourth-order valence-corrected chi connectivity index (χ4v) is 1.79. The maximum absolute atomic E-state index is 5.54. The van der Waals surface area contributed by atoms with Crippen molar-refractivity contribution >= 4 is 0 Å². The van der Waals surface area contributed by atoms with E-state index >= 15 is 0 Å². The standard InChI is InChI=1S/C13H23N3/c1-5-10(2)11-6-8-12(9-7-11)13(15-14)16(3)4/h6-10,13,15H,5,14H2,1-4H3. The van der Waals surface area contributed by atoms with Crippen LogP contribution in [0.15, 0.2) is 24.3 Å². The van der Waals surface area contributed by atoms with Crippen LogP contribution in [0.3, 0.4) is 0 Å². The molecule has 3 heteroatoms. The fraction of sp³-hybridized carbons (Fsp3) is 0.538. The second-order valence-electron chi connectivity index (χ2n) is 4.51. The molecule has 0 aromatic heterocycles. The highest BCUT2D eigenvalue weighted by Crippen LogP contribution is 2.21. The monoisotopic (exact) mass is 221 g/mol. The first-order valence-corrected chi connectivity index (χ1v) is 5.82. The smallest absolute Gasteiger partial charge is 0.0980 e. The molecule has 2 unspecified atom stereocenters. The van der Waals surface area contributed by atoms with E-state index in [9.17, 15) is 0 Å². The molecule has 0 aliphatic heterocycles. The van der Waals surface area contributed by atoms with Gasteiger partial charge in [0.1, 0.15) is 0 Å². The van der Waals surface area contributed by atoms with Gasteiger partial charge in [0.15, 0.2) is 0 Å². The maximum Gasteiger partial charge on any atom is 0.0980 e. The molecule has 0 saturated heterocycles. The summed E-state index contributed by atoms with van der Waals surface area (Å²) in [5.74, 6) is 6.16. The van der Waals surface area contributed by atoms with Gasteiger partial charge < -0.3 is 0 Å². The summed E-state index contributed by atoms with van der Waals surface area (Å²) in [4.78, 5) is 2.05. The first-order chi connectivity index (χ1) is 7.60. The zero-order chi connectivity index (χ0) is 12.1. The van der Waals surface area contributed by atoms with Crippen LogP contribution in [0, 0.1) is 0 Å². The molecule has 2 atom stereocenters. The van der Waals surface area contributed by atoms with Gasteiger partial charge in [-0.2, -0.15) is 0 Å². The first-order valence-electron chi connectivity index (χ1n) is 5.82. The van der Waals surface area contributed by atoms with Crippen molar-refractivity contribution in [2.75, 3.05) is 14.1 Å². The molecule has 3 N–H and O–H groups in total. The molecular weight excluding hydrogens is 198 g/mol. The zero-order valence-corrected chi connectivity index (χ0v) is 10.7. The molecule has 0 radical (unpaired) electrons. The Labute approximate surface area is 98.6 Å². The summed E-state index contributed by atoms with van der Waals surface area (Å²) in [5.41, 5.74) is 5.39. The molecule has 90 valence electrons. The number of hydrogen-bond donors (Lipinski definition) is 2. The topological polar surface area (TPSA) is 41.3 Å².